The summed E-state index contributed by atoms with van der Waals surface area (Å²) in [5.41, 5.74) is 1.34. The summed E-state index contributed by atoms with van der Waals surface area (Å²) >= 11 is 9.22. The Hall–Kier alpha value is -0.310. The van der Waals surface area contributed by atoms with Crippen molar-refractivity contribution < 1.29 is 0 Å². The SMILES string of the molecule is C.CC(C)c1csc(Cl)c1.Cc1ccc(C(C)C)s1. The second-order valence-electron chi connectivity index (χ2n) is 4.94. The molecule has 0 aliphatic carbocycles. The maximum Gasteiger partial charge on any atom is 0.0931 e. The van der Waals surface area contributed by atoms with E-state index in [-0.39, 0.29) is 7.43 Å². The smallest absolute Gasteiger partial charge is 0.0931 e. The maximum atomic E-state index is 5.72. The lowest BCUT2D eigenvalue weighted by molar-refractivity contribution is 0.872. The average Bonchev–Trinajstić information content (AvgIpc) is 2.88. The van der Waals surface area contributed by atoms with Crippen molar-refractivity contribution in [2.45, 2.75) is 53.9 Å². The molecule has 0 nitrogen and oxygen atoms in total. The molecule has 0 amide bonds. The van der Waals surface area contributed by atoms with Crippen LogP contribution in [-0.4, -0.2) is 0 Å². The van der Waals surface area contributed by atoms with E-state index in [0.29, 0.717) is 11.8 Å². The molecule has 0 fully saturated rings. The van der Waals surface area contributed by atoms with Gasteiger partial charge in [0, 0.05) is 9.75 Å². The van der Waals surface area contributed by atoms with Crippen LogP contribution in [0.5, 0.6) is 0 Å². The van der Waals surface area contributed by atoms with Gasteiger partial charge >= 0.3 is 0 Å². The quantitative estimate of drug-likeness (QED) is 0.543. The van der Waals surface area contributed by atoms with Crippen molar-refractivity contribution in [3.63, 3.8) is 0 Å². The van der Waals surface area contributed by atoms with Gasteiger partial charge in [-0.3, -0.25) is 0 Å². The Morgan fingerprint density at radius 1 is 1.05 bits per heavy atom. The molecule has 0 unspecified atom stereocenters. The zero-order chi connectivity index (χ0) is 13.7. The van der Waals surface area contributed by atoms with Gasteiger partial charge in [0.1, 0.15) is 0 Å². The molecule has 2 aromatic rings. The van der Waals surface area contributed by atoms with Crippen molar-refractivity contribution in [3.8, 4) is 0 Å². The van der Waals surface area contributed by atoms with Crippen molar-refractivity contribution in [1.29, 1.82) is 0 Å². The standard InChI is InChI=1S/C8H12S.C7H9ClS.CH4/c1-6(2)8-5-4-7(3)9-8;1-5(2)6-3-7(8)9-4-6;/h4-6H,1-3H3;3-5H,1-2H3;1H4. The van der Waals surface area contributed by atoms with Gasteiger partial charge in [0.15, 0.2) is 0 Å². The lowest BCUT2D eigenvalue weighted by Crippen LogP contribution is -1.79. The Bertz CT molecular complexity index is 422. The first-order valence-corrected chi connectivity index (χ1v) is 8.27. The Morgan fingerprint density at radius 3 is 1.89 bits per heavy atom. The first-order chi connectivity index (χ1) is 8.40. The number of rotatable bonds is 2. The van der Waals surface area contributed by atoms with Crippen LogP contribution in [0.4, 0.5) is 0 Å². The Balaban J connectivity index is 0.000000324. The van der Waals surface area contributed by atoms with Crippen LogP contribution in [0.15, 0.2) is 23.6 Å². The van der Waals surface area contributed by atoms with Gasteiger partial charge in [0.25, 0.3) is 0 Å². The highest BCUT2D eigenvalue weighted by Gasteiger charge is 2.00. The van der Waals surface area contributed by atoms with Gasteiger partial charge in [-0.15, -0.1) is 22.7 Å². The number of halogens is 1. The monoisotopic (exact) mass is 316 g/mol. The lowest BCUT2D eigenvalue weighted by atomic mass is 10.1. The molecule has 2 aromatic heterocycles. The second-order valence-corrected chi connectivity index (χ2v) is 7.80. The molecule has 0 atom stereocenters. The van der Waals surface area contributed by atoms with Crippen molar-refractivity contribution in [2.75, 3.05) is 0 Å². The molecule has 0 aliphatic heterocycles. The Kier molecular flexibility index (Phi) is 8.64. The molecule has 0 spiro atoms. The second kappa shape index (κ2) is 8.78. The topological polar surface area (TPSA) is 0 Å². The van der Waals surface area contributed by atoms with Crippen molar-refractivity contribution in [2.24, 2.45) is 0 Å². The van der Waals surface area contributed by atoms with E-state index in [1.807, 2.05) is 17.4 Å². The molecular formula is C16H25ClS2. The summed E-state index contributed by atoms with van der Waals surface area (Å²) in [5, 5.41) is 2.10. The van der Waals surface area contributed by atoms with E-state index in [1.54, 1.807) is 11.3 Å². The van der Waals surface area contributed by atoms with Crippen LogP contribution in [-0.2, 0) is 0 Å². The van der Waals surface area contributed by atoms with Gasteiger partial charge < -0.3 is 0 Å². The van der Waals surface area contributed by atoms with Crippen LogP contribution in [0.25, 0.3) is 0 Å². The minimum atomic E-state index is 0. The molecule has 19 heavy (non-hydrogen) atoms. The first kappa shape index (κ1) is 18.7. The van der Waals surface area contributed by atoms with E-state index in [0.717, 1.165) is 4.34 Å². The van der Waals surface area contributed by atoms with Crippen LogP contribution >= 0.6 is 34.3 Å². The molecule has 0 radical (unpaired) electrons. The molecule has 0 aromatic carbocycles. The third-order valence-corrected chi connectivity index (χ3v) is 5.00. The predicted molar refractivity (Wildman–Crippen MR) is 93.3 cm³/mol. The van der Waals surface area contributed by atoms with Gasteiger partial charge in [-0.25, -0.2) is 0 Å². The van der Waals surface area contributed by atoms with E-state index < -0.39 is 0 Å². The van der Waals surface area contributed by atoms with E-state index in [4.69, 9.17) is 11.6 Å². The maximum absolute atomic E-state index is 5.72. The third kappa shape index (κ3) is 6.60. The number of thiophene rings is 2. The number of aryl methyl sites for hydroxylation is 1. The van der Waals surface area contributed by atoms with E-state index in [2.05, 4.69) is 52.1 Å². The minimum Gasteiger partial charge on any atom is -0.145 e. The number of hydrogen-bond acceptors (Lipinski definition) is 2. The summed E-state index contributed by atoms with van der Waals surface area (Å²) in [6.45, 7) is 10.9. The van der Waals surface area contributed by atoms with E-state index in [1.165, 1.54) is 15.3 Å². The fourth-order valence-electron chi connectivity index (χ4n) is 1.39. The Labute approximate surface area is 131 Å². The molecule has 2 rings (SSSR count). The molecule has 0 aliphatic rings. The van der Waals surface area contributed by atoms with Crippen LogP contribution in [0.3, 0.4) is 0 Å². The summed E-state index contributed by atoms with van der Waals surface area (Å²) < 4.78 is 0.888. The first-order valence-electron chi connectivity index (χ1n) is 6.20. The highest BCUT2D eigenvalue weighted by Crippen LogP contribution is 2.25. The average molecular weight is 317 g/mol. The van der Waals surface area contributed by atoms with Crippen LogP contribution in [0.2, 0.25) is 4.34 Å². The van der Waals surface area contributed by atoms with E-state index >= 15 is 0 Å². The van der Waals surface area contributed by atoms with Gasteiger partial charge in [-0.05, 0) is 47.9 Å². The van der Waals surface area contributed by atoms with Gasteiger partial charge in [-0.1, -0.05) is 46.7 Å². The van der Waals surface area contributed by atoms with E-state index in [9.17, 15) is 0 Å². The summed E-state index contributed by atoms with van der Waals surface area (Å²) in [6, 6.07) is 6.42. The molecule has 0 N–H and O–H groups in total. The Morgan fingerprint density at radius 2 is 1.68 bits per heavy atom. The summed E-state index contributed by atoms with van der Waals surface area (Å²) in [7, 11) is 0. The molecule has 0 saturated carbocycles. The minimum absolute atomic E-state index is 0. The molecular weight excluding hydrogens is 292 g/mol. The van der Waals surface area contributed by atoms with Gasteiger partial charge in [0.2, 0.25) is 0 Å². The van der Waals surface area contributed by atoms with Gasteiger partial charge in [-0.2, -0.15) is 0 Å². The summed E-state index contributed by atoms with van der Waals surface area (Å²) in [4.78, 5) is 2.91. The molecule has 2 heterocycles. The van der Waals surface area contributed by atoms with Crippen LogP contribution in [0.1, 0.15) is 62.3 Å². The van der Waals surface area contributed by atoms with Gasteiger partial charge in [0.05, 0.1) is 4.34 Å². The molecule has 3 heteroatoms. The normalized spacial score (nSPS) is 10.1. The summed E-state index contributed by atoms with van der Waals surface area (Å²) in [6.07, 6.45) is 0. The fraction of sp³-hybridized carbons (Fsp3) is 0.500. The molecule has 0 bridgehead atoms. The lowest BCUT2D eigenvalue weighted by Gasteiger charge is -1.96. The van der Waals surface area contributed by atoms with Crippen molar-refractivity contribution >= 4 is 34.3 Å². The predicted octanol–water partition coefficient (Wildman–Crippen LogP) is 7.34. The van der Waals surface area contributed by atoms with Crippen molar-refractivity contribution in [3.05, 3.63) is 43.2 Å². The van der Waals surface area contributed by atoms with Crippen LogP contribution < -0.4 is 0 Å². The highest BCUT2D eigenvalue weighted by atomic mass is 35.5. The molecule has 0 saturated heterocycles. The number of hydrogen-bond donors (Lipinski definition) is 0. The molecule has 108 valence electrons. The third-order valence-electron chi connectivity index (χ3n) is 2.58. The largest absolute Gasteiger partial charge is 0.145 e. The zero-order valence-corrected chi connectivity index (χ0v) is 14.0. The highest BCUT2D eigenvalue weighted by molar-refractivity contribution is 7.14. The van der Waals surface area contributed by atoms with Crippen molar-refractivity contribution in [1.82, 2.24) is 0 Å². The zero-order valence-electron chi connectivity index (χ0n) is 11.7. The van der Waals surface area contributed by atoms with Crippen LogP contribution in [0, 0.1) is 6.92 Å². The summed E-state index contributed by atoms with van der Waals surface area (Å²) in [5.74, 6) is 1.30. The fourth-order valence-corrected chi connectivity index (χ4v) is 3.32.